The van der Waals surface area contributed by atoms with Gasteiger partial charge in [0.15, 0.2) is 0 Å². The van der Waals surface area contributed by atoms with Gasteiger partial charge in [-0.05, 0) is 55.2 Å². The highest BCUT2D eigenvalue weighted by Crippen LogP contribution is 2.30. The van der Waals surface area contributed by atoms with Crippen LogP contribution in [0.15, 0.2) is 53.8 Å². The second-order valence-corrected chi connectivity index (χ2v) is 8.19. The van der Waals surface area contributed by atoms with Crippen LogP contribution in [-0.4, -0.2) is 30.7 Å². The molecule has 152 valence electrons. The lowest BCUT2D eigenvalue weighted by Gasteiger charge is -2.29. The summed E-state index contributed by atoms with van der Waals surface area (Å²) in [6.07, 6.45) is 8.90. The minimum atomic E-state index is -0.504. The molecule has 1 saturated carbocycles. The maximum Gasteiger partial charge on any atom is 0.261 e. The van der Waals surface area contributed by atoms with E-state index in [0.717, 1.165) is 53.4 Å². The van der Waals surface area contributed by atoms with Gasteiger partial charge < -0.3 is 5.11 Å². The Balaban J connectivity index is 1.70. The molecular formula is C24H24N4O2. The van der Waals surface area contributed by atoms with Crippen LogP contribution in [0.2, 0.25) is 0 Å². The van der Waals surface area contributed by atoms with Gasteiger partial charge in [-0.25, -0.2) is 4.98 Å². The van der Waals surface area contributed by atoms with Crippen molar-refractivity contribution in [2.75, 3.05) is 0 Å². The molecule has 0 saturated heterocycles. The van der Waals surface area contributed by atoms with Gasteiger partial charge in [0.1, 0.15) is 0 Å². The topological polar surface area (TPSA) is 80.9 Å². The van der Waals surface area contributed by atoms with E-state index in [1.807, 2.05) is 37.4 Å². The fourth-order valence-electron chi connectivity index (χ4n) is 4.53. The van der Waals surface area contributed by atoms with Crippen molar-refractivity contribution in [1.29, 1.82) is 0 Å². The number of fused-ring (bicyclic) bond motifs is 3. The van der Waals surface area contributed by atoms with Gasteiger partial charge in [-0.15, -0.1) is 0 Å². The van der Waals surface area contributed by atoms with E-state index in [0.29, 0.717) is 17.3 Å². The van der Waals surface area contributed by atoms with E-state index < -0.39 is 6.10 Å². The van der Waals surface area contributed by atoms with Gasteiger partial charge in [0.05, 0.1) is 34.9 Å². The van der Waals surface area contributed by atoms with Gasteiger partial charge in [0, 0.05) is 29.9 Å². The molecule has 4 aromatic rings. The van der Waals surface area contributed by atoms with Crippen molar-refractivity contribution in [3.63, 3.8) is 0 Å². The molecule has 1 aliphatic rings. The van der Waals surface area contributed by atoms with Crippen LogP contribution in [0.5, 0.6) is 0 Å². The normalized spacial score (nSPS) is 19.4. The van der Waals surface area contributed by atoms with Gasteiger partial charge in [-0.3, -0.25) is 19.3 Å². The molecule has 1 aliphatic carbocycles. The summed E-state index contributed by atoms with van der Waals surface area (Å²) in [5.41, 5.74) is 4.44. The number of hydrogen-bond acceptors (Lipinski definition) is 5. The molecule has 0 bridgehead atoms. The summed E-state index contributed by atoms with van der Waals surface area (Å²) in [6, 6.07) is 9.60. The molecule has 3 aromatic heterocycles. The lowest BCUT2D eigenvalue weighted by Crippen LogP contribution is -2.34. The Labute approximate surface area is 174 Å². The van der Waals surface area contributed by atoms with Crippen LogP contribution in [0.25, 0.3) is 21.8 Å². The standard InChI is InChI=1S/C24H24N4O2/c1-15-8-9-16(13-26-15)11-17-12-19-23(18-5-4-10-25-22(17)18)27-14-28(24(19)30)20-6-2-3-7-21(20)29/h4-5,8-10,12-14,20-21,29H,2-3,6-7,11H2,1H3/t20-,21-/m0/s1. The average molecular weight is 400 g/mol. The maximum atomic E-state index is 13.4. The van der Waals surface area contributed by atoms with Crippen LogP contribution in [0, 0.1) is 6.92 Å². The molecular weight excluding hydrogens is 376 g/mol. The highest BCUT2D eigenvalue weighted by Gasteiger charge is 2.26. The van der Waals surface area contributed by atoms with Crippen LogP contribution < -0.4 is 5.56 Å². The highest BCUT2D eigenvalue weighted by atomic mass is 16.3. The number of rotatable bonds is 3. The van der Waals surface area contributed by atoms with Crippen molar-refractivity contribution in [1.82, 2.24) is 19.5 Å². The summed E-state index contributed by atoms with van der Waals surface area (Å²) < 4.78 is 1.63. The number of aromatic nitrogens is 4. The number of aliphatic hydroxyl groups is 1. The lowest BCUT2D eigenvalue weighted by molar-refractivity contribution is 0.0735. The number of nitrogens with zero attached hydrogens (tertiary/aromatic N) is 4. The van der Waals surface area contributed by atoms with Gasteiger partial charge in [0.25, 0.3) is 5.56 Å². The molecule has 30 heavy (non-hydrogen) atoms. The zero-order chi connectivity index (χ0) is 20.7. The van der Waals surface area contributed by atoms with E-state index in [4.69, 9.17) is 0 Å². The van der Waals surface area contributed by atoms with Crippen molar-refractivity contribution in [3.8, 4) is 0 Å². The smallest absolute Gasteiger partial charge is 0.261 e. The molecule has 0 radical (unpaired) electrons. The van der Waals surface area contributed by atoms with Crippen LogP contribution in [0.1, 0.15) is 48.5 Å². The average Bonchev–Trinajstić information content (AvgIpc) is 2.77. The first kappa shape index (κ1) is 18.9. The van der Waals surface area contributed by atoms with Crippen molar-refractivity contribution >= 4 is 21.8 Å². The summed E-state index contributed by atoms with van der Waals surface area (Å²) in [6.45, 7) is 1.96. The number of hydrogen-bond donors (Lipinski definition) is 1. The molecule has 1 aromatic carbocycles. The largest absolute Gasteiger partial charge is 0.391 e. The molecule has 0 aliphatic heterocycles. The summed E-state index contributed by atoms with van der Waals surface area (Å²) >= 11 is 0. The van der Waals surface area contributed by atoms with Crippen molar-refractivity contribution in [3.05, 3.63) is 76.2 Å². The first-order valence-corrected chi connectivity index (χ1v) is 10.5. The molecule has 3 heterocycles. The van der Waals surface area contributed by atoms with Crippen molar-refractivity contribution < 1.29 is 5.11 Å². The summed E-state index contributed by atoms with van der Waals surface area (Å²) in [7, 11) is 0. The third-order valence-corrected chi connectivity index (χ3v) is 6.14. The number of aliphatic hydroxyl groups excluding tert-OH is 1. The number of aryl methyl sites for hydroxylation is 1. The Morgan fingerprint density at radius 3 is 2.73 bits per heavy atom. The summed E-state index contributed by atoms with van der Waals surface area (Å²) in [4.78, 5) is 27.1. The van der Waals surface area contributed by atoms with E-state index in [2.05, 4.69) is 21.0 Å². The minimum Gasteiger partial charge on any atom is -0.391 e. The fraction of sp³-hybridized carbons (Fsp3) is 0.333. The predicted octanol–water partition coefficient (Wildman–Crippen LogP) is 3.71. The van der Waals surface area contributed by atoms with Crippen LogP contribution in [0.3, 0.4) is 0 Å². The Bertz CT molecular complexity index is 1280. The van der Waals surface area contributed by atoms with E-state index in [1.165, 1.54) is 0 Å². The van der Waals surface area contributed by atoms with E-state index in [9.17, 15) is 9.90 Å². The molecule has 0 amide bonds. The maximum absolute atomic E-state index is 13.4. The molecule has 5 rings (SSSR count). The zero-order valence-corrected chi connectivity index (χ0v) is 17.0. The van der Waals surface area contributed by atoms with Crippen LogP contribution >= 0.6 is 0 Å². The van der Waals surface area contributed by atoms with Crippen LogP contribution in [0.4, 0.5) is 0 Å². The SMILES string of the molecule is Cc1ccc(Cc2cc3c(=O)n([C@H]4CCCC[C@@H]4O)cnc3c3cccnc23)cn1. The monoisotopic (exact) mass is 400 g/mol. The van der Waals surface area contributed by atoms with E-state index in [-0.39, 0.29) is 11.6 Å². The van der Waals surface area contributed by atoms with Crippen molar-refractivity contribution in [2.45, 2.75) is 51.2 Å². The van der Waals surface area contributed by atoms with E-state index >= 15 is 0 Å². The first-order chi connectivity index (χ1) is 14.6. The zero-order valence-electron chi connectivity index (χ0n) is 17.0. The highest BCUT2D eigenvalue weighted by molar-refractivity contribution is 6.04. The molecule has 2 atom stereocenters. The first-order valence-electron chi connectivity index (χ1n) is 10.5. The van der Waals surface area contributed by atoms with Gasteiger partial charge in [-0.2, -0.15) is 0 Å². The predicted molar refractivity (Wildman–Crippen MR) is 117 cm³/mol. The van der Waals surface area contributed by atoms with Gasteiger partial charge >= 0.3 is 0 Å². The third-order valence-electron chi connectivity index (χ3n) is 6.14. The number of pyridine rings is 2. The van der Waals surface area contributed by atoms with Gasteiger partial charge in [0.2, 0.25) is 0 Å². The summed E-state index contributed by atoms with van der Waals surface area (Å²) in [5.74, 6) is 0. The molecule has 6 nitrogen and oxygen atoms in total. The molecule has 0 spiro atoms. The Hall–Kier alpha value is -3.12. The second kappa shape index (κ2) is 7.61. The quantitative estimate of drug-likeness (QED) is 0.530. The van der Waals surface area contributed by atoms with Crippen molar-refractivity contribution in [2.24, 2.45) is 0 Å². The van der Waals surface area contributed by atoms with Crippen LogP contribution in [-0.2, 0) is 6.42 Å². The second-order valence-electron chi connectivity index (χ2n) is 8.19. The minimum absolute atomic E-state index is 0.0972. The Morgan fingerprint density at radius 1 is 1.07 bits per heavy atom. The Morgan fingerprint density at radius 2 is 1.93 bits per heavy atom. The third kappa shape index (κ3) is 3.27. The van der Waals surface area contributed by atoms with E-state index in [1.54, 1.807) is 17.1 Å². The lowest BCUT2D eigenvalue weighted by atomic mass is 9.92. The molecule has 6 heteroatoms. The fourth-order valence-corrected chi connectivity index (χ4v) is 4.53. The molecule has 0 unspecified atom stereocenters. The number of benzene rings is 1. The summed E-state index contributed by atoms with van der Waals surface area (Å²) in [5, 5.41) is 11.9. The molecule has 1 N–H and O–H groups in total. The van der Waals surface area contributed by atoms with Gasteiger partial charge in [-0.1, -0.05) is 18.9 Å². The Kier molecular flexibility index (Phi) is 4.79. The molecule has 1 fully saturated rings.